The summed E-state index contributed by atoms with van der Waals surface area (Å²) in [6, 6.07) is 10.7. The maximum Gasteiger partial charge on any atom is 0.0366 e. The number of hydrogen-bond donors (Lipinski definition) is 0. The summed E-state index contributed by atoms with van der Waals surface area (Å²) in [4.78, 5) is 4.94. The van der Waals surface area contributed by atoms with Crippen molar-refractivity contribution in [2.75, 3.05) is 37.6 Å². The highest BCUT2D eigenvalue weighted by Gasteiger charge is 2.13. The Balaban J connectivity index is 1.96. The molecule has 1 heterocycles. The Morgan fingerprint density at radius 3 is 2.62 bits per heavy atom. The zero-order valence-corrected chi connectivity index (χ0v) is 9.81. The molecule has 86 valence electrons. The van der Waals surface area contributed by atoms with Crippen LogP contribution in [0.3, 0.4) is 0 Å². The lowest BCUT2D eigenvalue weighted by Gasteiger charge is -2.23. The fraction of sp³-hybridized carbons (Fsp3) is 0.429. The maximum absolute atomic E-state index is 3.81. The van der Waals surface area contributed by atoms with Crippen LogP contribution in [-0.2, 0) is 0 Å². The van der Waals surface area contributed by atoms with Crippen molar-refractivity contribution in [2.24, 2.45) is 0 Å². The second-order valence-electron chi connectivity index (χ2n) is 4.27. The Labute approximate surface area is 98.2 Å². The van der Waals surface area contributed by atoms with E-state index in [2.05, 4.69) is 46.7 Å². The number of nitrogens with zero attached hydrogens (tertiary/aromatic N) is 2. The molecular formula is C14H20N2. The van der Waals surface area contributed by atoms with E-state index in [-0.39, 0.29) is 0 Å². The monoisotopic (exact) mass is 216 g/mol. The van der Waals surface area contributed by atoms with Crippen molar-refractivity contribution >= 4 is 5.69 Å². The summed E-state index contributed by atoms with van der Waals surface area (Å²) in [6.45, 7) is 9.44. The molecule has 0 bridgehead atoms. The fourth-order valence-electron chi connectivity index (χ4n) is 2.23. The van der Waals surface area contributed by atoms with E-state index in [4.69, 9.17) is 0 Å². The summed E-state index contributed by atoms with van der Waals surface area (Å²) in [5, 5.41) is 0. The van der Waals surface area contributed by atoms with Crippen LogP contribution in [0.5, 0.6) is 0 Å². The number of benzene rings is 1. The second-order valence-corrected chi connectivity index (χ2v) is 4.27. The standard InChI is InChI=1S/C14H20N2/c1-2-9-15-10-6-11-16(13-12-15)14-7-4-3-5-8-14/h2-5,7-8H,1,6,9-13H2. The molecule has 0 aliphatic carbocycles. The van der Waals surface area contributed by atoms with E-state index in [1.807, 2.05) is 6.08 Å². The molecule has 0 N–H and O–H groups in total. The Morgan fingerprint density at radius 1 is 1.06 bits per heavy atom. The Kier molecular flexibility index (Phi) is 4.00. The summed E-state index contributed by atoms with van der Waals surface area (Å²) >= 11 is 0. The van der Waals surface area contributed by atoms with Crippen LogP contribution in [0.2, 0.25) is 0 Å². The van der Waals surface area contributed by atoms with Gasteiger partial charge in [-0.2, -0.15) is 0 Å². The lowest BCUT2D eigenvalue weighted by Crippen LogP contribution is -2.30. The van der Waals surface area contributed by atoms with Crippen molar-refractivity contribution in [2.45, 2.75) is 6.42 Å². The van der Waals surface area contributed by atoms with E-state index >= 15 is 0 Å². The van der Waals surface area contributed by atoms with E-state index in [0.717, 1.165) is 26.2 Å². The Hall–Kier alpha value is -1.28. The first-order valence-electron chi connectivity index (χ1n) is 6.03. The van der Waals surface area contributed by atoms with Gasteiger partial charge in [0.1, 0.15) is 0 Å². The smallest absolute Gasteiger partial charge is 0.0366 e. The van der Waals surface area contributed by atoms with Crippen molar-refractivity contribution in [1.29, 1.82) is 0 Å². The van der Waals surface area contributed by atoms with E-state index in [9.17, 15) is 0 Å². The highest BCUT2D eigenvalue weighted by molar-refractivity contribution is 5.46. The zero-order chi connectivity index (χ0) is 11.2. The van der Waals surface area contributed by atoms with E-state index in [0.29, 0.717) is 0 Å². The number of para-hydroxylation sites is 1. The van der Waals surface area contributed by atoms with Gasteiger partial charge in [-0.1, -0.05) is 24.3 Å². The van der Waals surface area contributed by atoms with E-state index in [1.165, 1.54) is 18.7 Å². The van der Waals surface area contributed by atoms with Crippen LogP contribution < -0.4 is 4.90 Å². The molecule has 2 nitrogen and oxygen atoms in total. The highest BCUT2D eigenvalue weighted by atomic mass is 15.2. The van der Waals surface area contributed by atoms with E-state index < -0.39 is 0 Å². The lowest BCUT2D eigenvalue weighted by atomic mass is 10.3. The van der Waals surface area contributed by atoms with Gasteiger partial charge in [-0.05, 0) is 18.6 Å². The lowest BCUT2D eigenvalue weighted by molar-refractivity contribution is 0.325. The molecule has 1 aliphatic rings. The van der Waals surface area contributed by atoms with Crippen LogP contribution in [0.15, 0.2) is 43.0 Å². The van der Waals surface area contributed by atoms with Crippen molar-refractivity contribution in [1.82, 2.24) is 4.90 Å². The molecule has 0 saturated carbocycles. The van der Waals surface area contributed by atoms with Crippen molar-refractivity contribution < 1.29 is 0 Å². The molecule has 0 atom stereocenters. The molecule has 1 aliphatic heterocycles. The van der Waals surface area contributed by atoms with Gasteiger partial charge in [0.05, 0.1) is 0 Å². The number of hydrogen-bond acceptors (Lipinski definition) is 2. The van der Waals surface area contributed by atoms with Gasteiger partial charge in [0.25, 0.3) is 0 Å². The molecular weight excluding hydrogens is 196 g/mol. The fourth-order valence-corrected chi connectivity index (χ4v) is 2.23. The van der Waals surface area contributed by atoms with Crippen molar-refractivity contribution in [3.63, 3.8) is 0 Å². The third-order valence-corrected chi connectivity index (χ3v) is 3.10. The minimum Gasteiger partial charge on any atom is -0.370 e. The summed E-state index contributed by atoms with van der Waals surface area (Å²) in [5.74, 6) is 0. The molecule has 2 heteroatoms. The number of anilines is 1. The Morgan fingerprint density at radius 2 is 1.88 bits per heavy atom. The molecule has 0 amide bonds. The normalized spacial score (nSPS) is 18.1. The molecule has 0 radical (unpaired) electrons. The SMILES string of the molecule is C=CCN1CCCN(c2ccccc2)CC1. The van der Waals surface area contributed by atoms with Crippen LogP contribution in [0.1, 0.15) is 6.42 Å². The van der Waals surface area contributed by atoms with Gasteiger partial charge in [0.2, 0.25) is 0 Å². The van der Waals surface area contributed by atoms with Gasteiger partial charge < -0.3 is 4.90 Å². The topological polar surface area (TPSA) is 6.48 Å². The molecule has 1 fully saturated rings. The third kappa shape index (κ3) is 2.86. The van der Waals surface area contributed by atoms with Crippen molar-refractivity contribution in [3.05, 3.63) is 43.0 Å². The van der Waals surface area contributed by atoms with Gasteiger partial charge in [-0.15, -0.1) is 6.58 Å². The Bertz CT molecular complexity index is 321. The average Bonchev–Trinajstić information content (AvgIpc) is 2.57. The zero-order valence-electron chi connectivity index (χ0n) is 9.81. The van der Waals surface area contributed by atoms with Crippen LogP contribution in [-0.4, -0.2) is 37.6 Å². The first kappa shape index (κ1) is 11.2. The predicted octanol–water partition coefficient (Wildman–Crippen LogP) is 2.38. The molecule has 0 spiro atoms. The summed E-state index contributed by atoms with van der Waals surface area (Å²) in [5.41, 5.74) is 1.35. The van der Waals surface area contributed by atoms with Gasteiger partial charge in [0.15, 0.2) is 0 Å². The quantitative estimate of drug-likeness (QED) is 0.716. The van der Waals surface area contributed by atoms with Gasteiger partial charge in [-0.25, -0.2) is 0 Å². The molecule has 16 heavy (non-hydrogen) atoms. The average molecular weight is 216 g/mol. The largest absolute Gasteiger partial charge is 0.370 e. The van der Waals surface area contributed by atoms with Gasteiger partial charge >= 0.3 is 0 Å². The molecule has 0 unspecified atom stereocenters. The minimum atomic E-state index is 1.02. The summed E-state index contributed by atoms with van der Waals surface area (Å²) in [7, 11) is 0. The summed E-state index contributed by atoms with van der Waals surface area (Å²) in [6.07, 6.45) is 3.24. The van der Waals surface area contributed by atoms with Crippen LogP contribution in [0, 0.1) is 0 Å². The highest BCUT2D eigenvalue weighted by Crippen LogP contribution is 2.15. The summed E-state index contributed by atoms with van der Waals surface area (Å²) < 4.78 is 0. The van der Waals surface area contributed by atoms with E-state index in [1.54, 1.807) is 0 Å². The second kappa shape index (κ2) is 5.71. The first-order valence-corrected chi connectivity index (χ1v) is 6.03. The van der Waals surface area contributed by atoms with Crippen LogP contribution >= 0.6 is 0 Å². The van der Waals surface area contributed by atoms with Crippen molar-refractivity contribution in [3.8, 4) is 0 Å². The molecule has 2 rings (SSSR count). The molecule has 0 aromatic heterocycles. The molecule has 1 aromatic carbocycles. The predicted molar refractivity (Wildman–Crippen MR) is 69.9 cm³/mol. The molecule has 1 saturated heterocycles. The van der Waals surface area contributed by atoms with Gasteiger partial charge in [-0.3, -0.25) is 4.90 Å². The third-order valence-electron chi connectivity index (χ3n) is 3.10. The van der Waals surface area contributed by atoms with Gasteiger partial charge in [0, 0.05) is 38.4 Å². The van der Waals surface area contributed by atoms with Crippen LogP contribution in [0.25, 0.3) is 0 Å². The maximum atomic E-state index is 3.81. The first-order chi connectivity index (χ1) is 7.90. The molecule has 1 aromatic rings. The minimum absolute atomic E-state index is 1.02. The number of rotatable bonds is 3. The van der Waals surface area contributed by atoms with Crippen LogP contribution in [0.4, 0.5) is 5.69 Å².